The molecule has 0 heterocycles. The molecule has 0 fully saturated rings. The highest BCUT2D eigenvalue weighted by Crippen LogP contribution is 2.19. The summed E-state index contributed by atoms with van der Waals surface area (Å²) in [6.45, 7) is 3.09. The third kappa shape index (κ3) is 5.22. The molecule has 0 unspecified atom stereocenters. The lowest BCUT2D eigenvalue weighted by Gasteiger charge is -2.21. The smallest absolute Gasteiger partial charge is 0.238 e. The van der Waals surface area contributed by atoms with Gasteiger partial charge >= 0.3 is 0 Å². The maximum Gasteiger partial charge on any atom is 0.238 e. The number of carbonyl (C=O) groups is 1. The maximum absolute atomic E-state index is 13.6. The second-order valence-electron chi connectivity index (χ2n) is 5.73. The zero-order chi connectivity index (χ0) is 18.4. The highest BCUT2D eigenvalue weighted by atomic mass is 19.2. The molecule has 0 aromatic heterocycles. The van der Waals surface area contributed by atoms with E-state index in [1.807, 2.05) is 30.0 Å². The van der Waals surface area contributed by atoms with Crippen LogP contribution in [-0.4, -0.2) is 23.9 Å². The average Bonchev–Trinajstić information content (AvgIpc) is 2.56. The van der Waals surface area contributed by atoms with Crippen molar-refractivity contribution in [1.82, 2.24) is 4.90 Å². The molecule has 0 aliphatic rings. The molecule has 7 heteroatoms. The Labute approximate surface area is 144 Å². The SMILES string of the molecule is CCCN(CC(=O)Nc1ccc(F)c(F)c1F)Cc1cccc(N)c1. The molecule has 0 atom stereocenters. The molecule has 0 bridgehead atoms. The number of anilines is 2. The van der Waals surface area contributed by atoms with E-state index in [1.165, 1.54) is 0 Å². The van der Waals surface area contributed by atoms with Crippen molar-refractivity contribution < 1.29 is 18.0 Å². The van der Waals surface area contributed by atoms with Crippen molar-refractivity contribution in [2.75, 3.05) is 24.1 Å². The summed E-state index contributed by atoms with van der Waals surface area (Å²) in [7, 11) is 0. The second-order valence-corrected chi connectivity index (χ2v) is 5.73. The summed E-state index contributed by atoms with van der Waals surface area (Å²) >= 11 is 0. The molecule has 0 aliphatic heterocycles. The van der Waals surface area contributed by atoms with E-state index in [9.17, 15) is 18.0 Å². The third-order valence-corrected chi connectivity index (χ3v) is 3.57. The Morgan fingerprint density at radius 3 is 2.60 bits per heavy atom. The topological polar surface area (TPSA) is 58.4 Å². The van der Waals surface area contributed by atoms with Crippen LogP contribution < -0.4 is 11.1 Å². The second kappa shape index (κ2) is 8.53. The zero-order valence-corrected chi connectivity index (χ0v) is 13.9. The summed E-state index contributed by atoms with van der Waals surface area (Å²) in [5, 5.41) is 2.28. The largest absolute Gasteiger partial charge is 0.399 e. The van der Waals surface area contributed by atoms with Crippen molar-refractivity contribution in [3.8, 4) is 0 Å². The molecule has 2 aromatic carbocycles. The first-order valence-corrected chi connectivity index (χ1v) is 7.90. The molecule has 1 amide bonds. The van der Waals surface area contributed by atoms with Crippen molar-refractivity contribution in [3.05, 3.63) is 59.4 Å². The molecule has 3 N–H and O–H groups in total. The van der Waals surface area contributed by atoms with Gasteiger partial charge < -0.3 is 11.1 Å². The Bertz CT molecular complexity index is 752. The van der Waals surface area contributed by atoms with E-state index < -0.39 is 23.4 Å². The van der Waals surface area contributed by atoms with E-state index in [4.69, 9.17) is 5.73 Å². The van der Waals surface area contributed by atoms with Crippen molar-refractivity contribution in [1.29, 1.82) is 0 Å². The minimum Gasteiger partial charge on any atom is -0.399 e. The zero-order valence-electron chi connectivity index (χ0n) is 13.9. The van der Waals surface area contributed by atoms with Crippen molar-refractivity contribution in [3.63, 3.8) is 0 Å². The summed E-state index contributed by atoms with van der Waals surface area (Å²) in [6.07, 6.45) is 0.815. The van der Waals surface area contributed by atoms with Gasteiger partial charge in [-0.2, -0.15) is 0 Å². The van der Waals surface area contributed by atoms with Crippen LogP contribution in [0.25, 0.3) is 0 Å². The Hall–Kier alpha value is -2.54. The van der Waals surface area contributed by atoms with Gasteiger partial charge in [0, 0.05) is 12.2 Å². The van der Waals surface area contributed by atoms with Gasteiger partial charge in [-0.25, -0.2) is 13.2 Å². The molecule has 0 saturated heterocycles. The highest BCUT2D eigenvalue weighted by Gasteiger charge is 2.17. The summed E-state index contributed by atoms with van der Waals surface area (Å²) in [5.74, 6) is -4.83. The molecule has 2 aromatic rings. The Kier molecular flexibility index (Phi) is 6.41. The molecule has 0 spiro atoms. The van der Waals surface area contributed by atoms with Gasteiger partial charge in [0.1, 0.15) is 0 Å². The summed E-state index contributed by atoms with van der Waals surface area (Å²) in [6, 6.07) is 9.07. The van der Waals surface area contributed by atoms with Gasteiger partial charge in [0.15, 0.2) is 17.5 Å². The Morgan fingerprint density at radius 2 is 1.92 bits per heavy atom. The first-order valence-electron chi connectivity index (χ1n) is 7.90. The van der Waals surface area contributed by atoms with E-state index in [0.717, 1.165) is 24.1 Å². The number of hydrogen-bond acceptors (Lipinski definition) is 3. The lowest BCUT2D eigenvalue weighted by atomic mass is 10.2. The lowest BCUT2D eigenvalue weighted by Crippen LogP contribution is -2.33. The summed E-state index contributed by atoms with van der Waals surface area (Å²) in [4.78, 5) is 14.0. The molecule has 0 radical (unpaired) electrons. The number of benzene rings is 2. The highest BCUT2D eigenvalue weighted by molar-refractivity contribution is 5.92. The number of hydrogen-bond donors (Lipinski definition) is 2. The monoisotopic (exact) mass is 351 g/mol. The average molecular weight is 351 g/mol. The molecule has 4 nitrogen and oxygen atoms in total. The van der Waals surface area contributed by atoms with E-state index in [0.29, 0.717) is 18.8 Å². The van der Waals surface area contributed by atoms with Crippen molar-refractivity contribution in [2.45, 2.75) is 19.9 Å². The van der Waals surface area contributed by atoms with E-state index in [1.54, 1.807) is 6.07 Å². The fraction of sp³-hybridized carbons (Fsp3) is 0.278. The fourth-order valence-electron chi connectivity index (χ4n) is 2.50. The van der Waals surface area contributed by atoms with E-state index >= 15 is 0 Å². The Morgan fingerprint density at radius 1 is 1.16 bits per heavy atom. The number of amides is 1. The van der Waals surface area contributed by atoms with Crippen molar-refractivity contribution >= 4 is 17.3 Å². The van der Waals surface area contributed by atoms with Gasteiger partial charge in [0.2, 0.25) is 5.91 Å². The standard InChI is InChI=1S/C18H20F3N3O/c1-2-8-24(10-12-4-3-5-13(22)9-12)11-16(25)23-15-7-6-14(19)17(20)18(15)21/h3-7,9H,2,8,10-11,22H2,1H3,(H,23,25). The molecular formula is C18H20F3N3O. The minimum atomic E-state index is -1.61. The fourth-order valence-corrected chi connectivity index (χ4v) is 2.50. The lowest BCUT2D eigenvalue weighted by molar-refractivity contribution is -0.117. The molecule has 25 heavy (non-hydrogen) atoms. The molecular weight excluding hydrogens is 331 g/mol. The quantitative estimate of drug-likeness (QED) is 0.593. The van der Waals surface area contributed by atoms with Gasteiger partial charge in [-0.3, -0.25) is 9.69 Å². The van der Waals surface area contributed by atoms with Crippen LogP contribution in [0.15, 0.2) is 36.4 Å². The minimum absolute atomic E-state index is 0.0128. The number of nitrogens with zero attached hydrogens (tertiary/aromatic N) is 1. The third-order valence-electron chi connectivity index (χ3n) is 3.57. The van der Waals surface area contributed by atoms with Crippen LogP contribution >= 0.6 is 0 Å². The maximum atomic E-state index is 13.6. The number of halogens is 3. The normalized spacial score (nSPS) is 10.9. The van der Waals surface area contributed by atoms with Crippen LogP contribution in [0.1, 0.15) is 18.9 Å². The first kappa shape index (κ1) is 18.8. The van der Waals surface area contributed by atoms with Gasteiger partial charge in [-0.05, 0) is 42.8 Å². The molecule has 0 saturated carbocycles. The van der Waals surface area contributed by atoms with Crippen molar-refractivity contribution in [2.24, 2.45) is 0 Å². The predicted molar refractivity (Wildman–Crippen MR) is 91.4 cm³/mol. The molecule has 0 aliphatic carbocycles. The van der Waals surface area contributed by atoms with Gasteiger partial charge in [-0.1, -0.05) is 19.1 Å². The van der Waals surface area contributed by atoms with Gasteiger partial charge in [0.05, 0.1) is 12.2 Å². The van der Waals surface area contributed by atoms with Crippen LogP contribution in [0.2, 0.25) is 0 Å². The van der Waals surface area contributed by atoms with Gasteiger partial charge in [0.25, 0.3) is 0 Å². The summed E-state index contributed by atoms with van der Waals surface area (Å²) < 4.78 is 39.8. The molecule has 2 rings (SSSR count). The predicted octanol–water partition coefficient (Wildman–Crippen LogP) is 3.54. The molecule has 134 valence electrons. The van der Waals surface area contributed by atoms with E-state index in [-0.39, 0.29) is 12.2 Å². The first-order chi connectivity index (χ1) is 11.9. The number of nitrogen functional groups attached to an aromatic ring is 1. The number of nitrogens with two attached hydrogens (primary N) is 1. The van der Waals surface area contributed by atoms with Crippen LogP contribution in [0.4, 0.5) is 24.5 Å². The number of carbonyl (C=O) groups excluding carboxylic acids is 1. The summed E-state index contributed by atoms with van der Waals surface area (Å²) in [5.41, 5.74) is 6.94. The number of rotatable bonds is 7. The van der Waals surface area contributed by atoms with Crippen LogP contribution in [0, 0.1) is 17.5 Å². The van der Waals surface area contributed by atoms with E-state index in [2.05, 4.69) is 5.32 Å². The van der Waals surface area contributed by atoms with Gasteiger partial charge in [-0.15, -0.1) is 0 Å². The van der Waals surface area contributed by atoms with Crippen LogP contribution in [0.5, 0.6) is 0 Å². The van der Waals surface area contributed by atoms with Crippen LogP contribution in [0.3, 0.4) is 0 Å². The van der Waals surface area contributed by atoms with Crippen LogP contribution in [-0.2, 0) is 11.3 Å². The number of nitrogens with one attached hydrogen (secondary N) is 1. The Balaban J connectivity index is 2.04.